The van der Waals surface area contributed by atoms with Gasteiger partial charge in [0.1, 0.15) is 0 Å². The first-order valence-corrected chi connectivity index (χ1v) is 9.67. The lowest BCUT2D eigenvalue weighted by molar-refractivity contribution is -0.124. The normalized spacial score (nSPS) is 10.0. The summed E-state index contributed by atoms with van der Waals surface area (Å²) < 4.78 is 0. The predicted molar refractivity (Wildman–Crippen MR) is 116 cm³/mol. The Morgan fingerprint density at radius 3 is 2.17 bits per heavy atom. The Morgan fingerprint density at radius 2 is 1.48 bits per heavy atom. The second-order valence-electron chi connectivity index (χ2n) is 5.88. The molecule has 0 atom stereocenters. The van der Waals surface area contributed by atoms with E-state index in [2.05, 4.69) is 21.5 Å². The van der Waals surface area contributed by atoms with Gasteiger partial charge < -0.3 is 10.6 Å². The third kappa shape index (κ3) is 8.47. The smallest absolute Gasteiger partial charge is 0.238 e. The predicted octanol–water partition coefficient (Wildman–Crippen LogP) is 2.98. The molecule has 0 spiro atoms. The maximum atomic E-state index is 11.9. The highest BCUT2D eigenvalue weighted by Gasteiger charge is 2.10. The standard InChI is InChI=1S/C19H18Cl2N4O3S/c20-13-7-5-12(6-8-13)11-18(28)23-19(29)25-24-17(27)10-9-16(26)22-15-4-2-1-3-14(15)21/h1-8H,9-11H2,(H,22,26)(H,24,27)(H2,23,25,28,29). The van der Waals surface area contributed by atoms with Crippen molar-refractivity contribution in [3.8, 4) is 0 Å². The fourth-order valence-corrected chi connectivity index (χ4v) is 2.65. The van der Waals surface area contributed by atoms with E-state index in [1.807, 2.05) is 0 Å². The molecule has 0 bridgehead atoms. The fourth-order valence-electron chi connectivity index (χ4n) is 2.18. The molecule has 0 saturated carbocycles. The Balaban J connectivity index is 1.65. The number of thiocarbonyl (C=S) groups is 1. The third-order valence-electron chi connectivity index (χ3n) is 3.57. The minimum atomic E-state index is -0.464. The van der Waals surface area contributed by atoms with E-state index in [0.29, 0.717) is 15.7 Å². The summed E-state index contributed by atoms with van der Waals surface area (Å²) in [6, 6.07) is 13.6. The molecule has 7 nitrogen and oxygen atoms in total. The largest absolute Gasteiger partial charge is 0.325 e. The van der Waals surface area contributed by atoms with Gasteiger partial charge in [0.25, 0.3) is 0 Å². The van der Waals surface area contributed by atoms with Crippen molar-refractivity contribution in [2.24, 2.45) is 0 Å². The van der Waals surface area contributed by atoms with Gasteiger partial charge in [0, 0.05) is 17.9 Å². The third-order valence-corrected chi connectivity index (χ3v) is 4.36. The molecule has 10 heteroatoms. The lowest BCUT2D eigenvalue weighted by atomic mass is 10.1. The molecule has 3 amide bonds. The Labute approximate surface area is 183 Å². The highest BCUT2D eigenvalue weighted by atomic mass is 35.5. The first-order valence-electron chi connectivity index (χ1n) is 8.51. The molecule has 2 aromatic rings. The molecule has 2 rings (SSSR count). The molecule has 0 radical (unpaired) electrons. The van der Waals surface area contributed by atoms with Crippen LogP contribution in [0.25, 0.3) is 0 Å². The summed E-state index contributed by atoms with van der Waals surface area (Å²) >= 11 is 16.7. The first-order chi connectivity index (χ1) is 13.8. The van der Waals surface area contributed by atoms with Gasteiger partial charge in [-0.2, -0.15) is 0 Å². The second-order valence-corrected chi connectivity index (χ2v) is 7.13. The van der Waals surface area contributed by atoms with Gasteiger partial charge in [-0.1, -0.05) is 47.5 Å². The van der Waals surface area contributed by atoms with Crippen molar-refractivity contribution in [3.63, 3.8) is 0 Å². The molecule has 4 N–H and O–H groups in total. The van der Waals surface area contributed by atoms with Crippen LogP contribution in [0.5, 0.6) is 0 Å². The Hall–Kier alpha value is -2.68. The Morgan fingerprint density at radius 1 is 0.828 bits per heavy atom. The first kappa shape index (κ1) is 22.6. The average Bonchev–Trinajstić information content (AvgIpc) is 2.68. The number of nitrogens with one attached hydrogen (secondary N) is 4. The minimum absolute atomic E-state index is 0.0472. The summed E-state index contributed by atoms with van der Waals surface area (Å²) in [5.41, 5.74) is 5.98. The van der Waals surface area contributed by atoms with Gasteiger partial charge in [-0.15, -0.1) is 0 Å². The van der Waals surface area contributed by atoms with Gasteiger partial charge in [-0.3, -0.25) is 25.2 Å². The molecule has 2 aromatic carbocycles. The van der Waals surface area contributed by atoms with Gasteiger partial charge in [0.2, 0.25) is 17.7 Å². The molecule has 0 aliphatic carbocycles. The van der Waals surface area contributed by atoms with Crippen LogP contribution in [-0.4, -0.2) is 22.8 Å². The van der Waals surface area contributed by atoms with Gasteiger partial charge in [-0.05, 0) is 42.0 Å². The molecule has 0 aromatic heterocycles. The number of amides is 3. The molecule has 29 heavy (non-hydrogen) atoms. The quantitative estimate of drug-likeness (QED) is 0.398. The summed E-state index contributed by atoms with van der Waals surface area (Å²) in [5, 5.41) is 5.99. The van der Waals surface area contributed by atoms with Crippen LogP contribution >= 0.6 is 35.4 Å². The summed E-state index contributed by atoms with van der Waals surface area (Å²) in [7, 11) is 0. The van der Waals surface area contributed by atoms with E-state index in [9.17, 15) is 14.4 Å². The van der Waals surface area contributed by atoms with Crippen LogP contribution in [0, 0.1) is 0 Å². The average molecular weight is 453 g/mol. The van der Waals surface area contributed by atoms with Crippen LogP contribution in [0.15, 0.2) is 48.5 Å². The molecular formula is C19H18Cl2N4O3S. The number of hydrogen-bond acceptors (Lipinski definition) is 4. The molecule has 0 heterocycles. The summed E-state index contributed by atoms with van der Waals surface area (Å²) in [5.74, 6) is -1.17. The van der Waals surface area contributed by atoms with Gasteiger partial charge in [0.15, 0.2) is 5.11 Å². The second kappa shape index (κ2) is 11.4. The van der Waals surface area contributed by atoms with E-state index in [4.69, 9.17) is 35.4 Å². The molecule has 0 saturated heterocycles. The van der Waals surface area contributed by atoms with Crippen molar-refractivity contribution in [2.75, 3.05) is 5.32 Å². The van der Waals surface area contributed by atoms with Crippen LogP contribution in [-0.2, 0) is 20.8 Å². The number of para-hydroxylation sites is 1. The fraction of sp³-hybridized carbons (Fsp3) is 0.158. The maximum absolute atomic E-state index is 11.9. The van der Waals surface area contributed by atoms with Crippen LogP contribution in [0.2, 0.25) is 10.0 Å². The van der Waals surface area contributed by atoms with Crippen molar-refractivity contribution < 1.29 is 14.4 Å². The van der Waals surface area contributed by atoms with E-state index in [-0.39, 0.29) is 36.2 Å². The maximum Gasteiger partial charge on any atom is 0.238 e. The number of carbonyl (C=O) groups excluding carboxylic acids is 3. The van der Waals surface area contributed by atoms with E-state index in [0.717, 1.165) is 5.56 Å². The Bertz CT molecular complexity index is 907. The van der Waals surface area contributed by atoms with Crippen molar-refractivity contribution in [1.82, 2.24) is 16.2 Å². The van der Waals surface area contributed by atoms with Gasteiger partial charge in [0.05, 0.1) is 17.1 Å². The van der Waals surface area contributed by atoms with E-state index in [1.54, 1.807) is 48.5 Å². The topological polar surface area (TPSA) is 99.3 Å². The summed E-state index contributed by atoms with van der Waals surface area (Å²) in [4.78, 5) is 35.6. The lowest BCUT2D eigenvalue weighted by Crippen LogP contribution is -2.48. The highest BCUT2D eigenvalue weighted by Crippen LogP contribution is 2.20. The number of hydrazine groups is 1. The number of rotatable bonds is 6. The molecule has 0 unspecified atom stereocenters. The molecule has 152 valence electrons. The molecule has 0 fully saturated rings. The lowest BCUT2D eigenvalue weighted by Gasteiger charge is -2.11. The molecule has 0 aliphatic heterocycles. The van der Waals surface area contributed by atoms with Crippen LogP contribution < -0.4 is 21.5 Å². The van der Waals surface area contributed by atoms with E-state index < -0.39 is 5.91 Å². The summed E-state index contributed by atoms with van der Waals surface area (Å²) in [6.07, 6.45) is -0.0196. The zero-order valence-electron chi connectivity index (χ0n) is 15.1. The number of halogens is 2. The van der Waals surface area contributed by atoms with Crippen molar-refractivity contribution >= 4 is 63.9 Å². The van der Waals surface area contributed by atoms with Crippen molar-refractivity contribution in [2.45, 2.75) is 19.3 Å². The summed E-state index contributed by atoms with van der Waals surface area (Å²) in [6.45, 7) is 0. The van der Waals surface area contributed by atoms with Crippen LogP contribution in [0.3, 0.4) is 0 Å². The zero-order valence-corrected chi connectivity index (χ0v) is 17.5. The number of anilines is 1. The molecule has 0 aliphatic rings. The van der Waals surface area contributed by atoms with Gasteiger partial charge in [-0.25, -0.2) is 0 Å². The SMILES string of the molecule is O=C(CCC(=O)Nc1ccccc1Cl)NNC(=S)NC(=O)Cc1ccc(Cl)cc1. The zero-order chi connectivity index (χ0) is 21.2. The van der Waals surface area contributed by atoms with E-state index in [1.165, 1.54) is 0 Å². The number of hydrogen-bond donors (Lipinski definition) is 4. The van der Waals surface area contributed by atoms with Crippen LogP contribution in [0.1, 0.15) is 18.4 Å². The van der Waals surface area contributed by atoms with E-state index >= 15 is 0 Å². The van der Waals surface area contributed by atoms with Crippen LogP contribution in [0.4, 0.5) is 5.69 Å². The molecular weight excluding hydrogens is 435 g/mol. The highest BCUT2D eigenvalue weighted by molar-refractivity contribution is 7.80. The Kier molecular flexibility index (Phi) is 8.85. The van der Waals surface area contributed by atoms with Crippen molar-refractivity contribution in [1.29, 1.82) is 0 Å². The van der Waals surface area contributed by atoms with Crippen molar-refractivity contribution in [3.05, 3.63) is 64.1 Å². The number of carbonyl (C=O) groups is 3. The monoisotopic (exact) mass is 452 g/mol. The minimum Gasteiger partial charge on any atom is -0.325 e. The van der Waals surface area contributed by atoms with Gasteiger partial charge >= 0.3 is 0 Å². The number of benzene rings is 2.